The number of methoxy groups -OCH3 is 1. The first-order valence-corrected chi connectivity index (χ1v) is 13.8. The molecule has 0 saturated heterocycles. The number of allylic oxidation sites excluding steroid dienone is 4. The average molecular weight is 427 g/mol. The molecule has 0 fully saturated rings. The molecule has 0 heterocycles. The van der Waals surface area contributed by atoms with Gasteiger partial charge in [-0.25, -0.2) is 0 Å². The minimum absolute atomic E-state index is 0.00255. The second-order valence-corrected chi connectivity index (χ2v) is 14.2. The van der Waals surface area contributed by atoms with E-state index in [9.17, 15) is 0 Å². The number of ether oxygens (including phenoxy) is 1. The van der Waals surface area contributed by atoms with Gasteiger partial charge in [0.05, 0.1) is 12.2 Å². The Morgan fingerprint density at radius 3 is 2.33 bits per heavy atom. The summed E-state index contributed by atoms with van der Waals surface area (Å²) < 4.78 is 12.8. The van der Waals surface area contributed by atoms with Crippen LogP contribution in [0.15, 0.2) is 72.9 Å². The standard InChI is InChI=1S/C27H42O2Si/c1-10-11-13-21-25(29-30(8,9)27(4,5)6)23(3)26(28-7)22(2)17-16-20-24-18-14-12-15-19-24/h10,12-21,23,25-26H,1,11H2,2-9H3/b20-16+,21-13+,22-17+/t23-,25+,26+/m0/s1. The molecule has 3 atom stereocenters. The Hall–Kier alpha value is -1.68. The van der Waals surface area contributed by atoms with Crippen LogP contribution in [0.3, 0.4) is 0 Å². The van der Waals surface area contributed by atoms with Crippen molar-refractivity contribution in [1.29, 1.82) is 0 Å². The van der Waals surface area contributed by atoms with Crippen molar-refractivity contribution in [3.8, 4) is 0 Å². The summed E-state index contributed by atoms with van der Waals surface area (Å²) in [4.78, 5) is 0. The summed E-state index contributed by atoms with van der Waals surface area (Å²) in [7, 11) is -0.132. The van der Waals surface area contributed by atoms with Crippen LogP contribution in [-0.2, 0) is 9.16 Å². The summed E-state index contributed by atoms with van der Waals surface area (Å²) in [5.74, 6) is 0.187. The van der Waals surface area contributed by atoms with Gasteiger partial charge in [0, 0.05) is 13.0 Å². The third-order valence-corrected chi connectivity index (χ3v) is 10.5. The van der Waals surface area contributed by atoms with E-state index in [-0.39, 0.29) is 23.2 Å². The van der Waals surface area contributed by atoms with Crippen LogP contribution in [0.4, 0.5) is 0 Å². The molecule has 2 nitrogen and oxygen atoms in total. The molecule has 0 amide bonds. The van der Waals surface area contributed by atoms with Crippen molar-refractivity contribution in [3.05, 3.63) is 78.4 Å². The third kappa shape index (κ3) is 8.21. The highest BCUT2D eigenvalue weighted by Gasteiger charge is 2.40. The molecule has 3 heteroatoms. The van der Waals surface area contributed by atoms with Crippen molar-refractivity contribution in [2.45, 2.75) is 71.4 Å². The van der Waals surface area contributed by atoms with Gasteiger partial charge in [0.25, 0.3) is 0 Å². The first-order chi connectivity index (χ1) is 14.0. The lowest BCUT2D eigenvalue weighted by atomic mass is 9.92. The Balaban J connectivity index is 3.07. The molecule has 0 aliphatic rings. The van der Waals surface area contributed by atoms with Crippen LogP contribution in [0, 0.1) is 5.92 Å². The van der Waals surface area contributed by atoms with E-state index in [4.69, 9.17) is 9.16 Å². The quantitative estimate of drug-likeness (QED) is 0.204. The fourth-order valence-electron chi connectivity index (χ4n) is 3.11. The van der Waals surface area contributed by atoms with Crippen LogP contribution in [0.2, 0.25) is 18.1 Å². The van der Waals surface area contributed by atoms with Crippen molar-refractivity contribution in [2.75, 3.05) is 7.11 Å². The second-order valence-electron chi connectivity index (χ2n) is 9.49. The molecule has 1 aromatic carbocycles. The zero-order valence-corrected chi connectivity index (χ0v) is 21.3. The Labute approximate surface area is 186 Å². The van der Waals surface area contributed by atoms with Gasteiger partial charge in [0.2, 0.25) is 0 Å². The molecule has 1 aromatic rings. The minimum atomic E-state index is -1.92. The molecule has 0 aliphatic carbocycles. The lowest BCUT2D eigenvalue weighted by Gasteiger charge is -2.41. The Kier molecular flexibility index (Phi) is 10.8. The number of benzene rings is 1. The van der Waals surface area contributed by atoms with E-state index in [1.807, 2.05) is 12.1 Å². The lowest BCUT2D eigenvalue weighted by Crippen LogP contribution is -2.46. The Morgan fingerprint density at radius 1 is 1.17 bits per heavy atom. The van der Waals surface area contributed by atoms with Gasteiger partial charge in [0.1, 0.15) is 0 Å². The normalized spacial score (nSPS) is 16.7. The molecule has 1 rings (SSSR count). The van der Waals surface area contributed by atoms with Gasteiger partial charge in [-0.3, -0.25) is 0 Å². The highest BCUT2D eigenvalue weighted by atomic mass is 28.4. The van der Waals surface area contributed by atoms with E-state index in [0.717, 1.165) is 6.42 Å². The molecule has 0 N–H and O–H groups in total. The zero-order valence-electron chi connectivity index (χ0n) is 20.3. The molecule has 0 saturated carbocycles. The van der Waals surface area contributed by atoms with Gasteiger partial charge < -0.3 is 9.16 Å². The monoisotopic (exact) mass is 426 g/mol. The van der Waals surface area contributed by atoms with Crippen LogP contribution in [0.1, 0.15) is 46.6 Å². The maximum Gasteiger partial charge on any atom is 0.192 e. The fraction of sp³-hybridized carbons (Fsp3) is 0.481. The van der Waals surface area contributed by atoms with E-state index in [0.29, 0.717) is 0 Å². The minimum Gasteiger partial charge on any atom is -0.410 e. The SMILES string of the molecule is C=CC/C=C/[C@@H](O[Si](C)(C)C(C)(C)C)[C@H](C)[C@H](OC)/C(C)=C/C=C/c1ccccc1. The van der Waals surface area contributed by atoms with Crippen molar-refractivity contribution in [2.24, 2.45) is 5.92 Å². The summed E-state index contributed by atoms with van der Waals surface area (Å²) in [6.07, 6.45) is 13.5. The van der Waals surface area contributed by atoms with Crippen molar-refractivity contribution >= 4 is 14.4 Å². The topological polar surface area (TPSA) is 18.5 Å². The van der Waals surface area contributed by atoms with Gasteiger partial charge in [0.15, 0.2) is 8.32 Å². The molecule has 0 radical (unpaired) electrons. The number of hydrogen-bond donors (Lipinski definition) is 0. The molecule has 0 unspecified atom stereocenters. The summed E-state index contributed by atoms with van der Waals surface area (Å²) in [6, 6.07) is 10.3. The molecule has 0 aliphatic heterocycles. The van der Waals surface area contributed by atoms with Gasteiger partial charge >= 0.3 is 0 Å². The lowest BCUT2D eigenvalue weighted by molar-refractivity contribution is 0.0372. The van der Waals surface area contributed by atoms with Gasteiger partial charge in [-0.2, -0.15) is 0 Å². The zero-order chi connectivity index (χ0) is 22.8. The first-order valence-electron chi connectivity index (χ1n) is 10.9. The summed E-state index contributed by atoms with van der Waals surface area (Å²) in [5, 5.41) is 0.156. The third-order valence-electron chi connectivity index (χ3n) is 6.01. The van der Waals surface area contributed by atoms with Gasteiger partial charge in [-0.1, -0.05) is 94.5 Å². The molecule has 0 aromatic heterocycles. The van der Waals surface area contributed by atoms with Crippen molar-refractivity contribution in [3.63, 3.8) is 0 Å². The second kappa shape index (κ2) is 12.2. The summed E-state index contributed by atoms with van der Waals surface area (Å²) >= 11 is 0. The molecule has 166 valence electrons. The van der Waals surface area contributed by atoms with Crippen LogP contribution in [0.5, 0.6) is 0 Å². The van der Waals surface area contributed by atoms with Crippen LogP contribution < -0.4 is 0 Å². The predicted molar refractivity (Wildman–Crippen MR) is 135 cm³/mol. The maximum atomic E-state index is 6.81. The number of rotatable bonds is 11. The summed E-state index contributed by atoms with van der Waals surface area (Å²) in [6.45, 7) is 19.6. The Morgan fingerprint density at radius 2 is 1.80 bits per heavy atom. The molecular formula is C27H42O2Si. The molecular weight excluding hydrogens is 384 g/mol. The molecule has 30 heavy (non-hydrogen) atoms. The summed E-state index contributed by atoms with van der Waals surface area (Å²) in [5.41, 5.74) is 2.38. The van der Waals surface area contributed by atoms with Gasteiger partial charge in [-0.15, -0.1) is 6.58 Å². The van der Waals surface area contributed by atoms with Crippen LogP contribution >= 0.6 is 0 Å². The van der Waals surface area contributed by atoms with Crippen LogP contribution in [0.25, 0.3) is 6.08 Å². The maximum absolute atomic E-state index is 6.81. The first kappa shape index (κ1) is 26.4. The molecule has 0 spiro atoms. The highest BCUT2D eigenvalue weighted by Crippen LogP contribution is 2.39. The van der Waals surface area contributed by atoms with E-state index in [2.05, 4.69) is 109 Å². The molecule has 0 bridgehead atoms. The Bertz CT molecular complexity index is 723. The van der Waals surface area contributed by atoms with Crippen molar-refractivity contribution in [1.82, 2.24) is 0 Å². The smallest absolute Gasteiger partial charge is 0.192 e. The van der Waals surface area contributed by atoms with E-state index in [1.165, 1.54) is 11.1 Å². The van der Waals surface area contributed by atoms with Crippen LogP contribution in [-0.4, -0.2) is 27.6 Å². The fourth-order valence-corrected chi connectivity index (χ4v) is 4.43. The van der Waals surface area contributed by atoms with E-state index >= 15 is 0 Å². The van der Waals surface area contributed by atoms with E-state index < -0.39 is 8.32 Å². The van der Waals surface area contributed by atoms with Crippen molar-refractivity contribution < 1.29 is 9.16 Å². The largest absolute Gasteiger partial charge is 0.410 e. The predicted octanol–water partition coefficient (Wildman–Crippen LogP) is 7.82. The highest BCUT2D eigenvalue weighted by molar-refractivity contribution is 6.74. The van der Waals surface area contributed by atoms with E-state index in [1.54, 1.807) is 7.11 Å². The van der Waals surface area contributed by atoms with Gasteiger partial charge in [-0.05, 0) is 42.6 Å². The number of hydrogen-bond acceptors (Lipinski definition) is 2. The average Bonchev–Trinajstić information content (AvgIpc) is 2.67.